The molecule has 2 rings (SSSR count). The summed E-state index contributed by atoms with van der Waals surface area (Å²) >= 11 is 0. The Balaban J connectivity index is 1.97. The molecule has 1 saturated heterocycles. The first-order valence-electron chi connectivity index (χ1n) is 7.63. The van der Waals surface area contributed by atoms with Gasteiger partial charge in [0, 0.05) is 6.54 Å². The van der Waals surface area contributed by atoms with E-state index in [4.69, 9.17) is 14.6 Å². The Kier molecular flexibility index (Phi) is 6.34. The van der Waals surface area contributed by atoms with Gasteiger partial charge in [-0.1, -0.05) is 12.1 Å². The Morgan fingerprint density at radius 2 is 1.70 bits per heavy atom. The fraction of sp³-hybridized carbons (Fsp3) is 0.625. The van der Waals surface area contributed by atoms with Crippen molar-refractivity contribution in [2.75, 3.05) is 27.2 Å². The Labute approximate surface area is 135 Å². The summed E-state index contributed by atoms with van der Waals surface area (Å²) in [6.07, 6.45) is -5.45. The third-order valence-corrected chi connectivity index (χ3v) is 3.87. The van der Waals surface area contributed by atoms with Crippen molar-refractivity contribution in [3.63, 3.8) is 0 Å². The maximum absolute atomic E-state index is 9.94. The second kappa shape index (κ2) is 8.05. The minimum atomic E-state index is -1.44. The Morgan fingerprint density at radius 1 is 1.04 bits per heavy atom. The third-order valence-electron chi connectivity index (χ3n) is 3.87. The fourth-order valence-electron chi connectivity index (χ4n) is 2.39. The van der Waals surface area contributed by atoms with Gasteiger partial charge in [0.25, 0.3) is 0 Å². The quantitative estimate of drug-likeness (QED) is 0.530. The molecule has 1 aromatic carbocycles. The predicted molar refractivity (Wildman–Crippen MR) is 83.1 cm³/mol. The standard InChI is InChI=1S/C16H25NO6/c1-17(2)8-7-10-3-5-11(6-4-10)22-16-15(21)14(20)13(19)12(9-18)23-16/h3-6,12-16,18-21H,7-9H2,1-2H3. The molecule has 1 heterocycles. The van der Waals surface area contributed by atoms with E-state index in [1.54, 1.807) is 12.1 Å². The molecule has 0 radical (unpaired) electrons. The van der Waals surface area contributed by atoms with Crippen LogP contribution in [-0.4, -0.2) is 83.3 Å². The normalized spacial score (nSPS) is 31.3. The molecule has 0 saturated carbocycles. The van der Waals surface area contributed by atoms with Crippen LogP contribution in [0.2, 0.25) is 0 Å². The van der Waals surface area contributed by atoms with Crippen LogP contribution in [0.3, 0.4) is 0 Å². The maximum atomic E-state index is 9.94. The number of ether oxygens (including phenoxy) is 2. The summed E-state index contributed by atoms with van der Waals surface area (Å²) < 4.78 is 10.8. The number of hydrogen-bond acceptors (Lipinski definition) is 7. The number of likely N-dealkylation sites (N-methyl/N-ethyl adjacent to an activating group) is 1. The van der Waals surface area contributed by atoms with E-state index in [-0.39, 0.29) is 0 Å². The molecule has 5 atom stereocenters. The SMILES string of the molecule is CN(C)CCc1ccc(OC2OC(CO)C(O)C(O)C2O)cc1. The smallest absolute Gasteiger partial charge is 0.229 e. The van der Waals surface area contributed by atoms with E-state index >= 15 is 0 Å². The minimum Gasteiger partial charge on any atom is -0.462 e. The molecule has 0 spiro atoms. The van der Waals surface area contributed by atoms with E-state index in [1.807, 2.05) is 26.2 Å². The molecule has 0 aromatic heterocycles. The number of aliphatic hydroxyl groups is 4. The Bertz CT molecular complexity index is 478. The van der Waals surface area contributed by atoms with E-state index < -0.39 is 37.3 Å². The summed E-state index contributed by atoms with van der Waals surface area (Å²) in [5.74, 6) is 0.475. The van der Waals surface area contributed by atoms with E-state index in [1.165, 1.54) is 0 Å². The average Bonchev–Trinajstić information content (AvgIpc) is 2.54. The molecule has 0 amide bonds. The van der Waals surface area contributed by atoms with Crippen molar-refractivity contribution in [3.8, 4) is 5.75 Å². The van der Waals surface area contributed by atoms with Gasteiger partial charge in [-0.2, -0.15) is 0 Å². The van der Waals surface area contributed by atoms with Crippen molar-refractivity contribution in [3.05, 3.63) is 29.8 Å². The molecule has 4 N–H and O–H groups in total. The van der Waals surface area contributed by atoms with Gasteiger partial charge in [-0.25, -0.2) is 0 Å². The van der Waals surface area contributed by atoms with Crippen LogP contribution in [0.15, 0.2) is 24.3 Å². The van der Waals surface area contributed by atoms with Crippen LogP contribution in [0, 0.1) is 0 Å². The van der Waals surface area contributed by atoms with Gasteiger partial charge in [-0.15, -0.1) is 0 Å². The zero-order chi connectivity index (χ0) is 17.0. The molecular formula is C16H25NO6. The summed E-state index contributed by atoms with van der Waals surface area (Å²) in [6.45, 7) is 0.460. The first-order valence-corrected chi connectivity index (χ1v) is 7.63. The molecule has 23 heavy (non-hydrogen) atoms. The number of aliphatic hydroxyl groups excluding tert-OH is 4. The second-order valence-corrected chi connectivity index (χ2v) is 6.01. The molecule has 5 unspecified atom stereocenters. The monoisotopic (exact) mass is 327 g/mol. The number of hydrogen-bond donors (Lipinski definition) is 4. The lowest BCUT2D eigenvalue weighted by Gasteiger charge is -2.39. The zero-order valence-corrected chi connectivity index (χ0v) is 13.4. The zero-order valence-electron chi connectivity index (χ0n) is 13.4. The Hall–Kier alpha value is -1.22. The van der Waals surface area contributed by atoms with Crippen molar-refractivity contribution < 1.29 is 29.9 Å². The van der Waals surface area contributed by atoms with E-state index in [2.05, 4.69) is 4.90 Å². The third kappa shape index (κ3) is 4.63. The lowest BCUT2D eigenvalue weighted by atomic mass is 9.99. The largest absolute Gasteiger partial charge is 0.462 e. The molecule has 0 bridgehead atoms. The van der Waals surface area contributed by atoms with Gasteiger partial charge in [0.05, 0.1) is 6.61 Å². The van der Waals surface area contributed by atoms with Gasteiger partial charge in [-0.3, -0.25) is 0 Å². The molecule has 130 valence electrons. The van der Waals surface area contributed by atoms with Gasteiger partial charge in [-0.05, 0) is 38.2 Å². The Morgan fingerprint density at radius 3 is 2.26 bits per heavy atom. The molecule has 7 nitrogen and oxygen atoms in total. The van der Waals surface area contributed by atoms with Crippen LogP contribution in [0.5, 0.6) is 5.75 Å². The first kappa shape index (κ1) is 18.1. The van der Waals surface area contributed by atoms with Crippen molar-refractivity contribution in [2.24, 2.45) is 0 Å². The lowest BCUT2D eigenvalue weighted by Crippen LogP contribution is -2.60. The van der Waals surface area contributed by atoms with Gasteiger partial charge in [0.1, 0.15) is 30.2 Å². The summed E-state index contributed by atoms with van der Waals surface area (Å²) in [5.41, 5.74) is 1.15. The molecule has 1 aliphatic heterocycles. The van der Waals surface area contributed by atoms with Gasteiger partial charge in [0.2, 0.25) is 6.29 Å². The van der Waals surface area contributed by atoms with E-state index in [0.717, 1.165) is 18.5 Å². The highest BCUT2D eigenvalue weighted by Gasteiger charge is 2.44. The van der Waals surface area contributed by atoms with Crippen LogP contribution < -0.4 is 4.74 Å². The fourth-order valence-corrected chi connectivity index (χ4v) is 2.39. The molecule has 0 aliphatic carbocycles. The molecular weight excluding hydrogens is 302 g/mol. The maximum Gasteiger partial charge on any atom is 0.229 e. The number of rotatable bonds is 6. The van der Waals surface area contributed by atoms with Crippen molar-refractivity contribution >= 4 is 0 Å². The number of benzene rings is 1. The van der Waals surface area contributed by atoms with Crippen LogP contribution in [0.4, 0.5) is 0 Å². The highest BCUT2D eigenvalue weighted by molar-refractivity contribution is 5.27. The molecule has 1 aromatic rings. The van der Waals surface area contributed by atoms with E-state index in [9.17, 15) is 15.3 Å². The van der Waals surface area contributed by atoms with Crippen molar-refractivity contribution in [1.29, 1.82) is 0 Å². The van der Waals surface area contributed by atoms with Gasteiger partial charge in [0.15, 0.2) is 0 Å². The van der Waals surface area contributed by atoms with Crippen LogP contribution in [0.25, 0.3) is 0 Å². The van der Waals surface area contributed by atoms with Crippen molar-refractivity contribution in [1.82, 2.24) is 4.90 Å². The summed E-state index contributed by atoms with van der Waals surface area (Å²) in [5, 5.41) is 38.6. The predicted octanol–water partition coefficient (Wildman–Crippen LogP) is -1.03. The first-order chi connectivity index (χ1) is 10.9. The summed E-state index contributed by atoms with van der Waals surface area (Å²) in [6, 6.07) is 7.35. The van der Waals surface area contributed by atoms with Crippen LogP contribution in [0.1, 0.15) is 5.56 Å². The van der Waals surface area contributed by atoms with Gasteiger partial charge >= 0.3 is 0 Å². The highest BCUT2D eigenvalue weighted by Crippen LogP contribution is 2.24. The summed E-state index contributed by atoms with van der Waals surface area (Å²) in [7, 11) is 4.02. The average molecular weight is 327 g/mol. The van der Waals surface area contributed by atoms with Crippen LogP contribution in [-0.2, 0) is 11.2 Å². The molecule has 1 fully saturated rings. The number of nitrogens with zero attached hydrogens (tertiary/aromatic N) is 1. The lowest BCUT2D eigenvalue weighted by molar-refractivity contribution is -0.277. The van der Waals surface area contributed by atoms with Gasteiger partial charge < -0.3 is 34.8 Å². The van der Waals surface area contributed by atoms with E-state index in [0.29, 0.717) is 5.75 Å². The highest BCUT2D eigenvalue weighted by atomic mass is 16.7. The topological polar surface area (TPSA) is 103 Å². The van der Waals surface area contributed by atoms with Crippen molar-refractivity contribution in [2.45, 2.75) is 37.1 Å². The van der Waals surface area contributed by atoms with Crippen LogP contribution >= 0.6 is 0 Å². The molecule has 7 heteroatoms. The summed E-state index contributed by atoms with van der Waals surface area (Å²) in [4.78, 5) is 2.10. The minimum absolute atomic E-state index is 0.475. The second-order valence-electron chi connectivity index (χ2n) is 6.01. The molecule has 1 aliphatic rings.